The molecule has 2 unspecified atom stereocenters. The van der Waals surface area contributed by atoms with E-state index in [9.17, 15) is 0 Å². The predicted molar refractivity (Wildman–Crippen MR) is 131 cm³/mol. The summed E-state index contributed by atoms with van der Waals surface area (Å²) >= 11 is 0. The van der Waals surface area contributed by atoms with Gasteiger partial charge < -0.3 is 21.3 Å². The molecule has 0 aromatic heterocycles. The molecule has 30 heavy (non-hydrogen) atoms. The van der Waals surface area contributed by atoms with Crippen LogP contribution < -0.4 is 21.3 Å². The molecule has 4 N–H and O–H groups in total. The van der Waals surface area contributed by atoms with E-state index < -0.39 is 0 Å². The molecule has 160 valence electrons. The number of fused-ring (bicyclic) bond motifs is 1. The van der Waals surface area contributed by atoms with Gasteiger partial charge in [0.2, 0.25) is 0 Å². The van der Waals surface area contributed by atoms with E-state index in [0.717, 1.165) is 43.6 Å². The van der Waals surface area contributed by atoms with Gasteiger partial charge in [-0.05, 0) is 49.1 Å². The molecular formula is C25H35N5. The molecule has 5 nitrogen and oxygen atoms in total. The maximum absolute atomic E-state index is 5.98. The molecule has 0 fully saturated rings. The second-order valence-corrected chi connectivity index (χ2v) is 7.87. The lowest BCUT2D eigenvalue weighted by Crippen LogP contribution is -2.41. The molecule has 3 rings (SSSR count). The molecule has 0 spiro atoms. The first-order valence-corrected chi connectivity index (χ1v) is 11.0. The Balaban J connectivity index is 1.56. The number of rotatable bonds is 9. The van der Waals surface area contributed by atoms with E-state index in [1.165, 1.54) is 16.9 Å². The van der Waals surface area contributed by atoms with Crippen LogP contribution in [0.5, 0.6) is 0 Å². The van der Waals surface area contributed by atoms with E-state index in [1.54, 1.807) is 6.20 Å². The third-order valence-corrected chi connectivity index (χ3v) is 5.74. The minimum atomic E-state index is 0.131. The van der Waals surface area contributed by atoms with Crippen LogP contribution in [0.3, 0.4) is 0 Å². The van der Waals surface area contributed by atoms with Crippen LogP contribution in [0.2, 0.25) is 0 Å². The first kappa shape index (κ1) is 21.8. The Kier molecular flexibility index (Phi) is 7.77. The normalized spacial score (nSPS) is 17.5. The Hall–Kier alpha value is -2.95. The van der Waals surface area contributed by atoms with Crippen molar-refractivity contribution in [2.24, 2.45) is 10.7 Å². The van der Waals surface area contributed by atoms with Crippen molar-refractivity contribution < 1.29 is 0 Å². The van der Waals surface area contributed by atoms with Gasteiger partial charge in [0, 0.05) is 43.8 Å². The lowest BCUT2D eigenvalue weighted by atomic mass is 10.0. The number of anilines is 3. The molecule has 0 saturated heterocycles. The van der Waals surface area contributed by atoms with Crippen molar-refractivity contribution in [1.29, 1.82) is 0 Å². The fourth-order valence-corrected chi connectivity index (χ4v) is 3.83. The van der Waals surface area contributed by atoms with E-state index in [0.29, 0.717) is 0 Å². The molecule has 2 atom stereocenters. The van der Waals surface area contributed by atoms with Crippen molar-refractivity contribution in [2.75, 3.05) is 35.7 Å². The van der Waals surface area contributed by atoms with Gasteiger partial charge in [-0.15, -0.1) is 0 Å². The van der Waals surface area contributed by atoms with Gasteiger partial charge in [0.05, 0.1) is 23.5 Å². The highest BCUT2D eigenvalue weighted by Gasteiger charge is 2.23. The van der Waals surface area contributed by atoms with Gasteiger partial charge in [0.25, 0.3) is 0 Å². The van der Waals surface area contributed by atoms with E-state index in [-0.39, 0.29) is 12.1 Å². The summed E-state index contributed by atoms with van der Waals surface area (Å²) in [5, 5.41) is 7.14. The number of para-hydroxylation sites is 2. The fourth-order valence-electron chi connectivity index (χ4n) is 3.83. The molecule has 2 aromatic rings. The first-order valence-electron chi connectivity index (χ1n) is 11.0. The summed E-state index contributed by atoms with van der Waals surface area (Å²) in [7, 11) is 2.12. The third-order valence-electron chi connectivity index (χ3n) is 5.74. The monoisotopic (exact) mass is 405 g/mol. The number of aryl methyl sites for hydroxylation is 1. The van der Waals surface area contributed by atoms with Crippen molar-refractivity contribution in [3.8, 4) is 0 Å². The minimum absolute atomic E-state index is 0.131. The van der Waals surface area contributed by atoms with Crippen LogP contribution in [-0.2, 0) is 6.42 Å². The van der Waals surface area contributed by atoms with Gasteiger partial charge >= 0.3 is 0 Å². The Bertz CT molecular complexity index is 873. The summed E-state index contributed by atoms with van der Waals surface area (Å²) in [6.45, 7) is 6.14. The van der Waals surface area contributed by atoms with Crippen molar-refractivity contribution in [3.63, 3.8) is 0 Å². The average molecular weight is 406 g/mol. The average Bonchev–Trinajstić information content (AvgIpc) is 2.78. The van der Waals surface area contributed by atoms with Crippen LogP contribution in [0.15, 0.2) is 65.3 Å². The van der Waals surface area contributed by atoms with Gasteiger partial charge in [-0.1, -0.05) is 38.1 Å². The number of hydrogen-bond donors (Lipinski definition) is 3. The zero-order chi connectivity index (χ0) is 21.3. The number of nitrogens with zero attached hydrogens (tertiary/aromatic N) is 2. The maximum Gasteiger partial charge on any atom is 0.0718 e. The summed E-state index contributed by atoms with van der Waals surface area (Å²) in [5.74, 6) is 0. The SMILES string of the molecule is CCc1cccc(NCCC(CC)N=CC(=CN)C2CN(C)c3ccccc3N2)c1. The number of likely N-dealkylation sites (N-methyl/N-ethyl adjacent to an activating group) is 1. The second-order valence-electron chi connectivity index (χ2n) is 7.87. The molecule has 1 aliphatic heterocycles. The van der Waals surface area contributed by atoms with Crippen LogP contribution in [-0.4, -0.2) is 38.4 Å². The summed E-state index contributed by atoms with van der Waals surface area (Å²) in [4.78, 5) is 7.13. The molecular weight excluding hydrogens is 370 g/mol. The number of benzene rings is 2. The number of nitrogens with one attached hydrogen (secondary N) is 2. The maximum atomic E-state index is 5.98. The molecule has 0 aliphatic carbocycles. The van der Waals surface area contributed by atoms with Crippen LogP contribution in [0, 0.1) is 0 Å². The predicted octanol–water partition coefficient (Wildman–Crippen LogP) is 4.67. The Morgan fingerprint density at radius 2 is 2.10 bits per heavy atom. The van der Waals surface area contributed by atoms with Crippen LogP contribution in [0.25, 0.3) is 0 Å². The standard InChI is InChI=1S/C25H35N5/c1-4-19-9-8-10-22(15-19)27-14-13-21(5-2)28-17-20(16-26)24-18-30(3)25-12-7-6-11-23(25)29-24/h6-12,15-17,21,24,27,29H,4-5,13-14,18,26H2,1-3H3. The molecule has 1 heterocycles. The van der Waals surface area contributed by atoms with Crippen LogP contribution in [0.4, 0.5) is 17.1 Å². The topological polar surface area (TPSA) is 65.7 Å². The third kappa shape index (κ3) is 5.56. The molecule has 0 bridgehead atoms. The smallest absolute Gasteiger partial charge is 0.0718 e. The van der Waals surface area contributed by atoms with Gasteiger partial charge in [-0.25, -0.2) is 0 Å². The van der Waals surface area contributed by atoms with E-state index in [4.69, 9.17) is 10.7 Å². The van der Waals surface area contributed by atoms with Crippen LogP contribution in [0.1, 0.15) is 32.3 Å². The van der Waals surface area contributed by atoms with E-state index >= 15 is 0 Å². The molecule has 0 saturated carbocycles. The highest BCUT2D eigenvalue weighted by Crippen LogP contribution is 2.30. The van der Waals surface area contributed by atoms with Crippen molar-refractivity contribution >= 4 is 23.3 Å². The lowest BCUT2D eigenvalue weighted by Gasteiger charge is -2.35. The van der Waals surface area contributed by atoms with Crippen molar-refractivity contribution in [3.05, 3.63) is 65.9 Å². The van der Waals surface area contributed by atoms with Crippen molar-refractivity contribution in [2.45, 2.75) is 45.2 Å². The number of hydrogen-bond acceptors (Lipinski definition) is 5. The van der Waals surface area contributed by atoms with Gasteiger partial charge in [-0.2, -0.15) is 0 Å². The van der Waals surface area contributed by atoms with E-state index in [1.807, 2.05) is 6.21 Å². The fraction of sp³-hybridized carbons (Fsp3) is 0.400. The van der Waals surface area contributed by atoms with Gasteiger partial charge in [0.15, 0.2) is 0 Å². The summed E-state index contributed by atoms with van der Waals surface area (Å²) in [6, 6.07) is 17.4. The number of nitrogens with two attached hydrogens (primary N) is 1. The quantitative estimate of drug-likeness (QED) is 0.530. The molecule has 0 amide bonds. The first-order chi connectivity index (χ1) is 14.6. The Morgan fingerprint density at radius 1 is 1.27 bits per heavy atom. The van der Waals surface area contributed by atoms with E-state index in [2.05, 4.69) is 85.0 Å². The molecule has 2 aromatic carbocycles. The summed E-state index contributed by atoms with van der Waals surface area (Å²) in [6.07, 6.45) is 6.70. The highest BCUT2D eigenvalue weighted by molar-refractivity contribution is 5.84. The van der Waals surface area contributed by atoms with Crippen molar-refractivity contribution in [1.82, 2.24) is 0 Å². The lowest BCUT2D eigenvalue weighted by molar-refractivity contribution is 0.617. The van der Waals surface area contributed by atoms with Crippen LogP contribution >= 0.6 is 0 Å². The minimum Gasteiger partial charge on any atom is -0.404 e. The molecule has 5 heteroatoms. The molecule has 0 radical (unpaired) electrons. The second kappa shape index (κ2) is 10.7. The number of aliphatic imine (C=N–C) groups is 1. The Morgan fingerprint density at radius 3 is 2.87 bits per heavy atom. The highest BCUT2D eigenvalue weighted by atomic mass is 15.2. The summed E-state index contributed by atoms with van der Waals surface area (Å²) < 4.78 is 0. The zero-order valence-corrected chi connectivity index (χ0v) is 18.4. The molecule has 1 aliphatic rings. The zero-order valence-electron chi connectivity index (χ0n) is 18.4. The van der Waals surface area contributed by atoms with Gasteiger partial charge in [0.1, 0.15) is 0 Å². The van der Waals surface area contributed by atoms with Gasteiger partial charge in [-0.3, -0.25) is 4.99 Å². The largest absolute Gasteiger partial charge is 0.404 e. The Labute approximate surface area is 181 Å². The summed E-state index contributed by atoms with van der Waals surface area (Å²) in [5.41, 5.74) is 11.9.